The number of anilines is 2. The minimum Gasteiger partial charge on any atom is -0.693 e. The van der Waals surface area contributed by atoms with E-state index < -0.39 is 44.9 Å². The Morgan fingerprint density at radius 1 is 0.487 bits per heavy atom. The second-order valence-electron chi connectivity index (χ2n) is 15.2. The number of carbonyl (C=O) groups excluding carboxylic acids is 5. The topological polar surface area (TPSA) is 385 Å². The first-order valence-electron chi connectivity index (χ1n) is 21.8. The SMILES string of the molecule is O.O.O=C(O)CCC(=O)CCCC(=O)N1Cc2ccccc2C#Cc2ccccc21.O=C(O)CCC(=O)CCCOCCC(=O)NCCC(=O)N1Cc2ccccc2C#Cc2ccccc21.[Cl][Pt+2][Cl].[Cl][Pt+2][Cl].[NH2-].[NH2-].[NH2-].[NH2-]. The van der Waals surface area contributed by atoms with Crippen molar-refractivity contribution in [3.8, 4) is 23.7 Å². The van der Waals surface area contributed by atoms with Gasteiger partial charge in [0, 0.05) is 80.4 Å². The largest absolute Gasteiger partial charge is 0.693 e. The third kappa shape index (κ3) is 29.5. The van der Waals surface area contributed by atoms with E-state index in [0.29, 0.717) is 32.5 Å². The third-order valence-electron chi connectivity index (χ3n) is 10.3. The van der Waals surface area contributed by atoms with Crippen LogP contribution < -0.4 is 15.1 Å². The molecule has 0 saturated carbocycles. The number of Topliss-reactive ketones (excluding diaryl/α,β-unsaturated/α-hetero) is 2. The van der Waals surface area contributed by atoms with Gasteiger partial charge in [0.25, 0.3) is 0 Å². The van der Waals surface area contributed by atoms with Gasteiger partial charge in [0.05, 0.1) is 43.9 Å². The van der Waals surface area contributed by atoms with Gasteiger partial charge in [-0.1, -0.05) is 84.3 Å². The number of hydrogen-bond donors (Lipinski definition) is 3. The zero-order valence-electron chi connectivity index (χ0n) is 41.1. The minimum atomic E-state index is -0.987. The van der Waals surface area contributed by atoms with Crippen LogP contribution in [0.15, 0.2) is 97.1 Å². The van der Waals surface area contributed by atoms with Gasteiger partial charge in [-0.25, -0.2) is 0 Å². The Balaban J connectivity index is -0.000000587. The van der Waals surface area contributed by atoms with Gasteiger partial charge in [-0.05, 0) is 60.4 Å². The number of amides is 3. The molecule has 422 valence electrons. The maximum atomic E-state index is 13.1. The Kier molecular flexibility index (Phi) is 45.9. The Bertz CT molecular complexity index is 2560. The van der Waals surface area contributed by atoms with Gasteiger partial charge in [-0.2, -0.15) is 0 Å². The van der Waals surface area contributed by atoms with Crippen molar-refractivity contribution in [2.24, 2.45) is 0 Å². The minimum absolute atomic E-state index is 0. The molecule has 76 heavy (non-hydrogen) atoms. The molecule has 0 atom stereocenters. The van der Waals surface area contributed by atoms with Crippen molar-refractivity contribution in [3.05, 3.63) is 155 Å². The van der Waals surface area contributed by atoms with Gasteiger partial charge in [-0.15, -0.1) is 0 Å². The molecule has 0 saturated heterocycles. The molecule has 19 nitrogen and oxygen atoms in total. The fourth-order valence-electron chi connectivity index (χ4n) is 6.90. The number of hydrogen-bond acceptors (Lipinski definition) is 8. The fraction of sp³-hybridized carbons (Fsp3) is 0.314. The smallest absolute Gasteiger partial charge is 0.693 e. The summed E-state index contributed by atoms with van der Waals surface area (Å²) in [5.41, 5.74) is 6.85. The molecular formula is C51H63Cl4N7O12Pt2. The predicted octanol–water partition coefficient (Wildman–Crippen LogP) is 10.6. The third-order valence-corrected chi connectivity index (χ3v) is 10.3. The van der Waals surface area contributed by atoms with Crippen molar-refractivity contribution in [2.45, 2.75) is 83.7 Å². The Labute approximate surface area is 476 Å². The molecule has 0 radical (unpaired) electrons. The predicted molar refractivity (Wildman–Crippen MR) is 292 cm³/mol. The van der Waals surface area contributed by atoms with Crippen LogP contribution >= 0.6 is 37.7 Å². The number of nitrogens with two attached hydrogens (primary N) is 4. The first kappa shape index (κ1) is 77.4. The quantitative estimate of drug-likeness (QED) is 0.0554. The normalized spacial score (nSPS) is 10.5. The van der Waals surface area contributed by atoms with Gasteiger partial charge in [0.1, 0.15) is 11.6 Å². The molecule has 2 heterocycles. The van der Waals surface area contributed by atoms with Crippen molar-refractivity contribution in [3.63, 3.8) is 0 Å². The summed E-state index contributed by atoms with van der Waals surface area (Å²) in [6.07, 6.45) is 1.60. The van der Waals surface area contributed by atoms with E-state index in [1.165, 1.54) is 0 Å². The van der Waals surface area contributed by atoms with E-state index in [0.717, 1.165) is 44.8 Å². The second kappa shape index (κ2) is 45.0. The van der Waals surface area contributed by atoms with E-state index in [1.807, 2.05) is 97.1 Å². The summed E-state index contributed by atoms with van der Waals surface area (Å²) in [6.45, 7) is 1.57. The van der Waals surface area contributed by atoms with Gasteiger partial charge in [0.15, 0.2) is 0 Å². The van der Waals surface area contributed by atoms with Gasteiger partial charge < -0.3 is 65.6 Å². The van der Waals surface area contributed by atoms with Crippen LogP contribution in [0.5, 0.6) is 0 Å². The van der Waals surface area contributed by atoms with E-state index in [4.69, 9.17) is 52.6 Å². The number of carboxylic acids is 2. The molecule has 0 spiro atoms. The number of aliphatic carboxylic acids is 2. The molecule has 0 aromatic heterocycles. The molecule has 0 unspecified atom stereocenters. The standard InChI is InChI=1S/C28H30N2O6.C23H21NO4.4ClH.4H2N.2H2O.2Pt/c31-24(13-14-28(34)35)9-5-18-36-19-16-26(32)29-17-15-27(33)30-20-23-8-2-1-6-21(23)11-12-22-7-3-4-10-25(22)30;25-20(14-15-23(27)28)9-5-11-22(26)24-16-19-8-2-1-6-17(19)12-13-18-7-3-4-10-21(18)24;;;;;;;;;;;;/h1-4,6-8,10H,5,9,13-20H2,(H,29,32)(H,34,35);1-4,6-8,10H,5,9,11,14-16H2,(H,27,28);4*1H;6*1H2;;/q;;;;;;4*-1;;;2*+4/p-4. The molecular weight excluding hydrogens is 1430 g/mol. The average molecular weight is 1500 g/mol. The van der Waals surface area contributed by atoms with Crippen LogP contribution in [-0.4, -0.2) is 82.2 Å². The maximum absolute atomic E-state index is 13.1. The molecule has 2 aliphatic heterocycles. The number of ether oxygens (including phenoxy) is 1. The molecule has 0 fully saturated rings. The van der Waals surface area contributed by atoms with Gasteiger partial charge >= 0.3 is 82.6 Å². The second-order valence-corrected chi connectivity index (χ2v) is 21.7. The van der Waals surface area contributed by atoms with Crippen LogP contribution in [-0.2, 0) is 84.3 Å². The zero-order valence-corrected chi connectivity index (χ0v) is 48.6. The molecule has 25 heteroatoms. The zero-order chi connectivity index (χ0) is 51.1. The molecule has 4 aromatic rings. The van der Waals surface area contributed by atoms with Crippen LogP contribution in [0, 0.1) is 23.7 Å². The molecule has 6 rings (SSSR count). The number of carboxylic acid groups (broad SMARTS) is 2. The molecule has 0 aliphatic carbocycles. The fourth-order valence-corrected chi connectivity index (χ4v) is 6.90. The Morgan fingerprint density at radius 2 is 0.855 bits per heavy atom. The van der Waals surface area contributed by atoms with Crippen LogP contribution in [0.3, 0.4) is 0 Å². The van der Waals surface area contributed by atoms with E-state index in [-0.39, 0.29) is 136 Å². The van der Waals surface area contributed by atoms with E-state index in [9.17, 15) is 33.6 Å². The Hall–Kier alpha value is -5.05. The van der Waals surface area contributed by atoms with E-state index in [2.05, 4.69) is 29.0 Å². The van der Waals surface area contributed by atoms with Crippen LogP contribution in [0.25, 0.3) is 24.6 Å². The number of carbonyl (C=O) groups is 7. The first-order valence-corrected chi connectivity index (χ1v) is 33.0. The number of fused-ring (bicyclic) bond motifs is 4. The summed E-state index contributed by atoms with van der Waals surface area (Å²) < 4.78 is 5.38. The number of halogens is 4. The first-order chi connectivity index (χ1) is 33.8. The molecule has 0 bridgehead atoms. The number of nitrogens with one attached hydrogen (secondary N) is 1. The van der Waals surface area contributed by atoms with Crippen LogP contribution in [0.2, 0.25) is 0 Å². The monoisotopic (exact) mass is 1500 g/mol. The number of ketones is 2. The van der Waals surface area contributed by atoms with E-state index >= 15 is 0 Å². The van der Waals surface area contributed by atoms with Crippen LogP contribution in [0.1, 0.15) is 104 Å². The summed E-state index contributed by atoms with van der Waals surface area (Å²) in [7, 11) is 19.5. The Morgan fingerprint density at radius 3 is 1.29 bits per heavy atom. The van der Waals surface area contributed by atoms with Crippen molar-refractivity contribution in [2.75, 3.05) is 29.6 Å². The van der Waals surface area contributed by atoms with E-state index in [1.54, 1.807) is 9.80 Å². The number of benzene rings is 4. The number of para-hydroxylation sites is 2. The van der Waals surface area contributed by atoms with Crippen LogP contribution in [0.4, 0.5) is 11.4 Å². The molecule has 4 aromatic carbocycles. The van der Waals surface area contributed by atoms with Crippen molar-refractivity contribution >= 4 is 90.3 Å². The van der Waals surface area contributed by atoms with Crippen molar-refractivity contribution in [1.82, 2.24) is 5.32 Å². The summed E-state index contributed by atoms with van der Waals surface area (Å²) in [5, 5.41) is 20.0. The average Bonchev–Trinajstić information content (AvgIpc) is 3.33. The molecule has 15 N–H and O–H groups in total. The molecule has 2 aliphatic rings. The molecule has 3 amide bonds. The van der Waals surface area contributed by atoms with Gasteiger partial charge in [0.2, 0.25) is 17.7 Å². The summed E-state index contributed by atoms with van der Waals surface area (Å²) >= 11 is -0.944. The summed E-state index contributed by atoms with van der Waals surface area (Å²) in [5.74, 6) is 10.1. The maximum Gasteiger partial charge on any atom is -0.693 e. The number of rotatable bonds is 20. The van der Waals surface area contributed by atoms with Crippen molar-refractivity contribution < 1.29 is 92.4 Å². The number of nitrogens with zero attached hydrogens (tertiary/aromatic N) is 2. The summed E-state index contributed by atoms with van der Waals surface area (Å²) in [4.78, 5) is 85.9. The summed E-state index contributed by atoms with van der Waals surface area (Å²) in [6, 6.07) is 30.6. The van der Waals surface area contributed by atoms with Crippen molar-refractivity contribution in [1.29, 1.82) is 0 Å². The van der Waals surface area contributed by atoms with Gasteiger partial charge in [-0.3, -0.25) is 33.6 Å².